The number of benzene rings is 1. The Labute approximate surface area is 144 Å². The summed E-state index contributed by atoms with van der Waals surface area (Å²) in [7, 11) is 0. The van der Waals surface area contributed by atoms with Crippen LogP contribution < -0.4 is 5.32 Å². The first-order valence-electron chi connectivity index (χ1n) is 8.35. The molecule has 1 aliphatic rings. The van der Waals surface area contributed by atoms with Gasteiger partial charge in [-0.2, -0.15) is 4.98 Å². The molecule has 0 spiro atoms. The van der Waals surface area contributed by atoms with Gasteiger partial charge in [0.1, 0.15) is 5.58 Å². The second-order valence-electron chi connectivity index (χ2n) is 6.32. The Morgan fingerprint density at radius 1 is 1.36 bits per heavy atom. The highest BCUT2D eigenvalue weighted by molar-refractivity contribution is 5.90. The van der Waals surface area contributed by atoms with Crippen LogP contribution in [0.5, 0.6) is 0 Å². The van der Waals surface area contributed by atoms with E-state index in [2.05, 4.69) is 15.5 Å². The third kappa shape index (κ3) is 3.02. The fourth-order valence-corrected chi connectivity index (χ4v) is 3.04. The van der Waals surface area contributed by atoms with Crippen LogP contribution in [0.25, 0.3) is 22.6 Å². The number of carbonyl (C=O) groups excluding carboxylic acids is 1. The second kappa shape index (κ2) is 6.33. The van der Waals surface area contributed by atoms with Gasteiger partial charge in [-0.1, -0.05) is 16.8 Å². The minimum absolute atomic E-state index is 0.0622. The van der Waals surface area contributed by atoms with Gasteiger partial charge in [0.15, 0.2) is 5.76 Å². The van der Waals surface area contributed by atoms with Crippen molar-refractivity contribution in [2.24, 2.45) is 0 Å². The van der Waals surface area contributed by atoms with Crippen molar-refractivity contribution in [3.63, 3.8) is 0 Å². The van der Waals surface area contributed by atoms with Crippen LogP contribution in [-0.4, -0.2) is 35.3 Å². The molecule has 3 aromatic rings. The molecular weight excluding hydrogens is 322 g/mol. The van der Waals surface area contributed by atoms with E-state index in [1.165, 1.54) is 0 Å². The van der Waals surface area contributed by atoms with Crippen molar-refractivity contribution in [1.29, 1.82) is 0 Å². The molecule has 1 fully saturated rings. The van der Waals surface area contributed by atoms with E-state index in [0.29, 0.717) is 12.3 Å². The average molecular weight is 341 g/mol. The lowest BCUT2D eigenvalue weighted by molar-refractivity contribution is 0.0822. The lowest BCUT2D eigenvalue weighted by Gasteiger charge is -2.08. The van der Waals surface area contributed by atoms with Crippen molar-refractivity contribution >= 4 is 16.9 Å². The van der Waals surface area contributed by atoms with E-state index in [4.69, 9.17) is 13.7 Å². The number of furan rings is 1. The summed E-state index contributed by atoms with van der Waals surface area (Å²) >= 11 is 0. The number of hydrogen-bond donors (Lipinski definition) is 1. The van der Waals surface area contributed by atoms with Crippen molar-refractivity contribution in [1.82, 2.24) is 15.5 Å². The van der Waals surface area contributed by atoms with Gasteiger partial charge in [0.05, 0.1) is 6.10 Å². The van der Waals surface area contributed by atoms with Crippen molar-refractivity contribution < 1.29 is 18.5 Å². The highest BCUT2D eigenvalue weighted by Gasteiger charge is 2.22. The molecule has 2 aromatic heterocycles. The molecule has 0 saturated carbocycles. The number of aromatic nitrogens is 2. The summed E-state index contributed by atoms with van der Waals surface area (Å²) in [5, 5.41) is 7.66. The Balaban J connectivity index is 1.54. The van der Waals surface area contributed by atoms with Crippen LogP contribution in [-0.2, 0) is 4.74 Å². The van der Waals surface area contributed by atoms with Gasteiger partial charge >= 0.3 is 11.8 Å². The van der Waals surface area contributed by atoms with Crippen LogP contribution in [0, 0.1) is 13.8 Å². The van der Waals surface area contributed by atoms with E-state index in [0.717, 1.165) is 41.5 Å². The topological polar surface area (TPSA) is 90.4 Å². The van der Waals surface area contributed by atoms with E-state index in [-0.39, 0.29) is 17.8 Å². The number of ether oxygens (including phenoxy) is 1. The van der Waals surface area contributed by atoms with Gasteiger partial charge in [-0.25, -0.2) is 0 Å². The molecule has 1 N–H and O–H groups in total. The van der Waals surface area contributed by atoms with Gasteiger partial charge in [-0.3, -0.25) is 4.79 Å². The molecule has 7 heteroatoms. The average Bonchev–Trinajstić information content (AvgIpc) is 3.33. The highest BCUT2D eigenvalue weighted by atomic mass is 16.5. The summed E-state index contributed by atoms with van der Waals surface area (Å²) in [5.41, 5.74) is 2.82. The van der Waals surface area contributed by atoms with E-state index in [1.54, 1.807) is 0 Å². The lowest BCUT2D eigenvalue weighted by atomic mass is 10.1. The van der Waals surface area contributed by atoms with E-state index in [9.17, 15) is 4.79 Å². The van der Waals surface area contributed by atoms with Gasteiger partial charge in [-0.05, 0) is 38.8 Å². The Morgan fingerprint density at radius 3 is 3.04 bits per heavy atom. The number of nitrogens with zero attached hydrogens (tertiary/aromatic N) is 2. The summed E-state index contributed by atoms with van der Waals surface area (Å²) in [6, 6.07) is 5.94. The van der Waals surface area contributed by atoms with Gasteiger partial charge in [0.2, 0.25) is 5.82 Å². The summed E-state index contributed by atoms with van der Waals surface area (Å²) in [6.07, 6.45) is 2.04. The van der Waals surface area contributed by atoms with Crippen molar-refractivity contribution in [2.75, 3.05) is 13.2 Å². The van der Waals surface area contributed by atoms with Gasteiger partial charge < -0.3 is 19.0 Å². The first-order valence-corrected chi connectivity index (χ1v) is 8.35. The Morgan fingerprint density at radius 2 is 2.24 bits per heavy atom. The molecule has 0 bridgehead atoms. The molecule has 0 radical (unpaired) electrons. The fraction of sp³-hybridized carbons (Fsp3) is 0.389. The maximum atomic E-state index is 12.2. The number of rotatable bonds is 4. The Kier molecular flexibility index (Phi) is 4.01. The summed E-state index contributed by atoms with van der Waals surface area (Å²) in [5.74, 6) is 0.305. The van der Waals surface area contributed by atoms with Crippen LogP contribution in [0.15, 0.2) is 27.1 Å². The molecule has 130 valence electrons. The number of aryl methyl sites for hydroxylation is 2. The number of fused-ring (bicyclic) bond motifs is 1. The maximum Gasteiger partial charge on any atom is 0.316 e. The van der Waals surface area contributed by atoms with Crippen LogP contribution in [0.3, 0.4) is 0 Å². The molecule has 0 aliphatic carbocycles. The highest BCUT2D eigenvalue weighted by Crippen LogP contribution is 2.31. The van der Waals surface area contributed by atoms with Crippen LogP contribution >= 0.6 is 0 Å². The molecule has 1 atom stereocenters. The number of hydrogen-bond acceptors (Lipinski definition) is 6. The molecular formula is C18H19N3O4. The zero-order valence-electron chi connectivity index (χ0n) is 14.2. The van der Waals surface area contributed by atoms with Crippen molar-refractivity contribution in [3.05, 3.63) is 35.2 Å². The van der Waals surface area contributed by atoms with Crippen LogP contribution in [0.1, 0.15) is 34.7 Å². The largest absolute Gasteiger partial charge is 0.452 e. The predicted molar refractivity (Wildman–Crippen MR) is 90.3 cm³/mol. The molecule has 4 rings (SSSR count). The molecule has 3 heterocycles. The first-order chi connectivity index (χ1) is 12.1. The van der Waals surface area contributed by atoms with Gasteiger partial charge in [0.25, 0.3) is 0 Å². The van der Waals surface area contributed by atoms with Crippen molar-refractivity contribution in [3.8, 4) is 11.6 Å². The molecule has 1 saturated heterocycles. The normalized spacial score (nSPS) is 17.3. The predicted octanol–water partition coefficient (Wildman–Crippen LogP) is 3.01. The van der Waals surface area contributed by atoms with E-state index >= 15 is 0 Å². The Bertz CT molecular complexity index is 922. The summed E-state index contributed by atoms with van der Waals surface area (Å²) in [6.45, 7) is 5.15. The number of amides is 1. The minimum Gasteiger partial charge on any atom is -0.452 e. The van der Waals surface area contributed by atoms with Crippen LogP contribution in [0.2, 0.25) is 0 Å². The molecule has 0 unspecified atom stereocenters. The quantitative estimate of drug-likeness (QED) is 0.784. The van der Waals surface area contributed by atoms with E-state index < -0.39 is 5.91 Å². The van der Waals surface area contributed by atoms with Crippen molar-refractivity contribution in [2.45, 2.75) is 32.8 Å². The zero-order chi connectivity index (χ0) is 17.4. The second-order valence-corrected chi connectivity index (χ2v) is 6.32. The number of carbonyl (C=O) groups is 1. The lowest BCUT2D eigenvalue weighted by Crippen LogP contribution is -2.31. The third-order valence-electron chi connectivity index (χ3n) is 4.43. The molecule has 1 aliphatic heterocycles. The molecule has 7 nitrogen and oxygen atoms in total. The van der Waals surface area contributed by atoms with Gasteiger partial charge in [0, 0.05) is 24.1 Å². The maximum absolute atomic E-state index is 12.2. The third-order valence-corrected chi connectivity index (χ3v) is 4.43. The monoisotopic (exact) mass is 341 g/mol. The zero-order valence-corrected chi connectivity index (χ0v) is 14.2. The first kappa shape index (κ1) is 15.8. The molecule has 1 amide bonds. The minimum atomic E-state index is -0.404. The molecule has 1 aromatic carbocycles. The molecule has 25 heavy (non-hydrogen) atoms. The smallest absolute Gasteiger partial charge is 0.316 e. The fourth-order valence-electron chi connectivity index (χ4n) is 3.04. The van der Waals surface area contributed by atoms with Gasteiger partial charge in [-0.15, -0.1) is 0 Å². The standard InChI is InChI=1S/C18H19N3O4/c1-10-5-6-14-13(8-10)11(2)15(24-14)16-20-18(25-21-16)17(22)19-9-12-4-3-7-23-12/h5-6,8,12H,3-4,7,9H2,1-2H3,(H,19,22)/t12-/m0/s1. The SMILES string of the molecule is Cc1ccc2oc(-c3noc(C(=O)NC[C@@H]4CCCO4)n3)c(C)c2c1. The Hall–Kier alpha value is -2.67. The van der Waals surface area contributed by atoms with E-state index in [1.807, 2.05) is 32.0 Å². The van der Waals surface area contributed by atoms with Crippen LogP contribution in [0.4, 0.5) is 0 Å². The summed E-state index contributed by atoms with van der Waals surface area (Å²) in [4.78, 5) is 16.3. The number of nitrogens with one attached hydrogen (secondary N) is 1. The summed E-state index contributed by atoms with van der Waals surface area (Å²) < 4.78 is 16.4.